The van der Waals surface area contributed by atoms with Gasteiger partial charge in [0.15, 0.2) is 5.82 Å². The lowest BCUT2D eigenvalue weighted by atomic mass is 9.89. The molecule has 1 aromatic carbocycles. The zero-order chi connectivity index (χ0) is 20.9. The Hall–Kier alpha value is -2.60. The second kappa shape index (κ2) is 9.69. The van der Waals surface area contributed by atoms with Crippen molar-refractivity contribution in [3.05, 3.63) is 71.8 Å². The van der Waals surface area contributed by atoms with Crippen LogP contribution >= 0.6 is 0 Å². The van der Waals surface area contributed by atoms with E-state index in [-0.39, 0.29) is 6.04 Å². The molecule has 31 heavy (non-hydrogen) atoms. The minimum Gasteiger partial charge on any atom is -0.290 e. The SMILES string of the molecule is c1ccc(CC2CCN(C(c3cccnc3)c3nnnn3C3CCCCC3)CC2)cc1. The molecular formula is C25H32N6. The van der Waals surface area contributed by atoms with Gasteiger partial charge in [0, 0.05) is 12.4 Å². The Bertz CT molecular complexity index is 927. The van der Waals surface area contributed by atoms with Gasteiger partial charge in [0.2, 0.25) is 0 Å². The van der Waals surface area contributed by atoms with Gasteiger partial charge in [-0.15, -0.1) is 5.10 Å². The lowest BCUT2D eigenvalue weighted by molar-refractivity contribution is 0.140. The molecule has 0 spiro atoms. The van der Waals surface area contributed by atoms with Crippen molar-refractivity contribution in [1.29, 1.82) is 0 Å². The molecule has 1 aliphatic heterocycles. The molecule has 0 radical (unpaired) electrons. The van der Waals surface area contributed by atoms with Gasteiger partial charge in [-0.1, -0.05) is 55.7 Å². The fraction of sp³-hybridized carbons (Fsp3) is 0.520. The summed E-state index contributed by atoms with van der Waals surface area (Å²) in [7, 11) is 0. The van der Waals surface area contributed by atoms with Gasteiger partial charge >= 0.3 is 0 Å². The minimum atomic E-state index is 0.0725. The third-order valence-electron chi connectivity index (χ3n) is 7.07. The zero-order valence-corrected chi connectivity index (χ0v) is 18.2. The van der Waals surface area contributed by atoms with Crippen molar-refractivity contribution in [2.45, 2.75) is 63.5 Å². The van der Waals surface area contributed by atoms with Gasteiger partial charge in [0.05, 0.1) is 12.1 Å². The first-order valence-electron chi connectivity index (χ1n) is 11.8. The van der Waals surface area contributed by atoms with Gasteiger partial charge in [0.1, 0.15) is 0 Å². The van der Waals surface area contributed by atoms with Gasteiger partial charge in [-0.3, -0.25) is 9.88 Å². The van der Waals surface area contributed by atoms with Crippen LogP contribution in [0.25, 0.3) is 0 Å². The first-order chi connectivity index (χ1) is 15.4. The van der Waals surface area contributed by atoms with Crippen LogP contribution in [0.3, 0.4) is 0 Å². The first kappa shape index (κ1) is 20.3. The Kier molecular flexibility index (Phi) is 6.35. The van der Waals surface area contributed by atoms with Crippen LogP contribution in [-0.2, 0) is 6.42 Å². The van der Waals surface area contributed by atoms with E-state index in [0.29, 0.717) is 6.04 Å². The van der Waals surface area contributed by atoms with Crippen molar-refractivity contribution < 1.29 is 0 Å². The summed E-state index contributed by atoms with van der Waals surface area (Å²) in [5, 5.41) is 13.1. The van der Waals surface area contributed by atoms with Crippen molar-refractivity contribution in [2.24, 2.45) is 5.92 Å². The molecule has 5 rings (SSSR count). The summed E-state index contributed by atoms with van der Waals surface area (Å²) in [5.41, 5.74) is 2.64. The van der Waals surface area contributed by atoms with E-state index in [1.165, 1.54) is 62.5 Å². The molecule has 1 aliphatic carbocycles. The molecule has 162 valence electrons. The van der Waals surface area contributed by atoms with Crippen LogP contribution in [0, 0.1) is 5.92 Å². The molecule has 2 aromatic heterocycles. The second-order valence-corrected chi connectivity index (χ2v) is 9.13. The maximum absolute atomic E-state index is 4.56. The molecule has 1 saturated heterocycles. The van der Waals surface area contributed by atoms with E-state index < -0.39 is 0 Å². The Morgan fingerprint density at radius 1 is 0.903 bits per heavy atom. The van der Waals surface area contributed by atoms with Crippen LogP contribution in [0.15, 0.2) is 54.9 Å². The van der Waals surface area contributed by atoms with Crippen molar-refractivity contribution in [2.75, 3.05) is 13.1 Å². The maximum Gasteiger partial charge on any atom is 0.173 e. The molecule has 0 amide bonds. The van der Waals surface area contributed by atoms with Gasteiger partial charge in [-0.25, -0.2) is 4.68 Å². The molecule has 1 unspecified atom stereocenters. The Morgan fingerprint density at radius 2 is 1.71 bits per heavy atom. The van der Waals surface area contributed by atoms with E-state index in [9.17, 15) is 0 Å². The topological polar surface area (TPSA) is 59.7 Å². The molecule has 0 bridgehead atoms. The first-order valence-corrected chi connectivity index (χ1v) is 11.8. The number of piperidine rings is 1. The molecule has 0 N–H and O–H groups in total. The molecule has 1 atom stereocenters. The summed E-state index contributed by atoms with van der Waals surface area (Å²) in [6.07, 6.45) is 13.6. The maximum atomic E-state index is 4.56. The smallest absolute Gasteiger partial charge is 0.173 e. The molecule has 6 nitrogen and oxygen atoms in total. The minimum absolute atomic E-state index is 0.0725. The standard InChI is InChI=1S/C25H32N6/c1-3-8-20(9-4-1)18-21-13-16-30(17-14-21)24(22-10-7-15-26-19-22)25-27-28-29-31(25)23-11-5-2-6-12-23/h1,3-4,7-10,15,19,21,23-24H,2,5-6,11-14,16-18H2. The lowest BCUT2D eigenvalue weighted by Gasteiger charge is -2.37. The molecule has 6 heteroatoms. The van der Waals surface area contributed by atoms with Crippen molar-refractivity contribution in [3.8, 4) is 0 Å². The second-order valence-electron chi connectivity index (χ2n) is 9.13. The van der Waals surface area contributed by atoms with Crippen LogP contribution in [0.2, 0.25) is 0 Å². The van der Waals surface area contributed by atoms with Gasteiger partial charge in [0.25, 0.3) is 0 Å². The molecule has 2 aliphatic rings. The number of rotatable bonds is 6. The summed E-state index contributed by atoms with van der Waals surface area (Å²) in [6.45, 7) is 2.13. The number of tetrazole rings is 1. The summed E-state index contributed by atoms with van der Waals surface area (Å²) in [4.78, 5) is 6.99. The van der Waals surface area contributed by atoms with Gasteiger partial charge in [-0.05, 0) is 78.7 Å². The highest BCUT2D eigenvalue weighted by Crippen LogP contribution is 2.35. The number of benzene rings is 1. The molecule has 3 heterocycles. The molecular weight excluding hydrogens is 384 g/mol. The molecule has 1 saturated carbocycles. The highest BCUT2D eigenvalue weighted by molar-refractivity contribution is 5.22. The predicted molar refractivity (Wildman–Crippen MR) is 120 cm³/mol. The number of nitrogens with zero attached hydrogens (tertiary/aromatic N) is 6. The van der Waals surface area contributed by atoms with E-state index in [1.54, 1.807) is 0 Å². The van der Waals surface area contributed by atoms with E-state index in [4.69, 9.17) is 0 Å². The zero-order valence-electron chi connectivity index (χ0n) is 18.2. The Labute approximate surface area is 184 Å². The van der Waals surface area contributed by atoms with Crippen molar-refractivity contribution >= 4 is 0 Å². The average molecular weight is 417 g/mol. The largest absolute Gasteiger partial charge is 0.290 e. The van der Waals surface area contributed by atoms with Crippen molar-refractivity contribution in [3.63, 3.8) is 0 Å². The van der Waals surface area contributed by atoms with Crippen LogP contribution in [0.5, 0.6) is 0 Å². The Balaban J connectivity index is 1.36. The van der Waals surface area contributed by atoms with Crippen LogP contribution in [0.1, 0.15) is 74.0 Å². The fourth-order valence-corrected chi connectivity index (χ4v) is 5.39. The van der Waals surface area contributed by atoms with E-state index in [1.807, 2.05) is 18.5 Å². The van der Waals surface area contributed by atoms with Crippen molar-refractivity contribution in [1.82, 2.24) is 30.1 Å². The predicted octanol–water partition coefficient (Wildman–Crippen LogP) is 4.62. The average Bonchev–Trinajstić information content (AvgIpc) is 3.32. The number of likely N-dealkylation sites (tertiary alicyclic amines) is 1. The summed E-state index contributed by atoms with van der Waals surface area (Å²) in [6, 6.07) is 15.6. The summed E-state index contributed by atoms with van der Waals surface area (Å²) < 4.78 is 2.13. The number of hydrogen-bond donors (Lipinski definition) is 0. The quantitative estimate of drug-likeness (QED) is 0.587. The lowest BCUT2D eigenvalue weighted by Crippen LogP contribution is -2.39. The van der Waals surface area contributed by atoms with E-state index in [2.05, 4.69) is 66.5 Å². The monoisotopic (exact) mass is 416 g/mol. The van der Waals surface area contributed by atoms with Crippen LogP contribution in [-0.4, -0.2) is 43.2 Å². The third kappa shape index (κ3) is 4.69. The Morgan fingerprint density at radius 3 is 2.45 bits per heavy atom. The number of aromatic nitrogens is 5. The summed E-state index contributed by atoms with van der Waals surface area (Å²) in [5.74, 6) is 1.73. The third-order valence-corrected chi connectivity index (χ3v) is 7.07. The number of pyridine rings is 1. The summed E-state index contributed by atoms with van der Waals surface area (Å²) >= 11 is 0. The van der Waals surface area contributed by atoms with Crippen LogP contribution in [0.4, 0.5) is 0 Å². The fourth-order valence-electron chi connectivity index (χ4n) is 5.39. The normalized spacial score (nSPS) is 20.0. The van der Waals surface area contributed by atoms with Gasteiger partial charge in [-0.2, -0.15) is 0 Å². The molecule has 2 fully saturated rings. The molecule has 3 aromatic rings. The van der Waals surface area contributed by atoms with E-state index >= 15 is 0 Å². The van der Waals surface area contributed by atoms with E-state index in [0.717, 1.165) is 24.8 Å². The van der Waals surface area contributed by atoms with Gasteiger partial charge < -0.3 is 0 Å². The highest BCUT2D eigenvalue weighted by atomic mass is 15.6. The van der Waals surface area contributed by atoms with Crippen LogP contribution < -0.4 is 0 Å². The number of hydrogen-bond acceptors (Lipinski definition) is 5. The highest BCUT2D eigenvalue weighted by Gasteiger charge is 2.33.